The van der Waals surface area contributed by atoms with Crippen molar-refractivity contribution >= 4 is 27.6 Å². The number of aryl methyl sites for hydroxylation is 2. The summed E-state index contributed by atoms with van der Waals surface area (Å²) in [6, 6.07) is 22.6. The van der Waals surface area contributed by atoms with E-state index in [9.17, 15) is 18.0 Å². The number of anilines is 1. The van der Waals surface area contributed by atoms with Crippen molar-refractivity contribution in [3.8, 4) is 0 Å². The number of primary sulfonamides is 1. The van der Waals surface area contributed by atoms with Gasteiger partial charge in [0, 0.05) is 5.69 Å². The van der Waals surface area contributed by atoms with Crippen molar-refractivity contribution < 1.29 is 22.7 Å². The molecule has 0 bridgehead atoms. The molecule has 3 rings (SSSR count). The fourth-order valence-electron chi connectivity index (χ4n) is 3.13. The fraction of sp³-hybridized carbons (Fsp3) is 0.167. The highest BCUT2D eigenvalue weighted by atomic mass is 32.2. The number of sulfonamides is 1. The normalized spacial score (nSPS) is 12.1. The number of rotatable bonds is 8. The number of carbonyl (C=O) groups is 2. The minimum atomic E-state index is -3.90. The predicted molar refractivity (Wildman–Crippen MR) is 122 cm³/mol. The minimum Gasteiger partial charge on any atom is -0.449 e. The second kappa shape index (κ2) is 10.2. The molecule has 3 aromatic rings. The van der Waals surface area contributed by atoms with E-state index in [1.165, 1.54) is 31.2 Å². The molecule has 0 aliphatic carbocycles. The lowest BCUT2D eigenvalue weighted by Crippen LogP contribution is -2.30. The van der Waals surface area contributed by atoms with Gasteiger partial charge in [0.1, 0.15) is 0 Å². The number of hydrogen-bond donors (Lipinski definition) is 2. The summed E-state index contributed by atoms with van der Waals surface area (Å²) >= 11 is 0. The first-order chi connectivity index (χ1) is 15.2. The molecule has 1 atom stereocenters. The minimum absolute atomic E-state index is 0.132. The molecular formula is C24H24N2O5S. The van der Waals surface area contributed by atoms with Crippen LogP contribution in [0.2, 0.25) is 0 Å². The van der Waals surface area contributed by atoms with E-state index < -0.39 is 28.0 Å². The lowest BCUT2D eigenvalue weighted by molar-refractivity contribution is -0.123. The zero-order valence-corrected chi connectivity index (χ0v) is 18.3. The average molecular weight is 453 g/mol. The Hall–Kier alpha value is -3.49. The summed E-state index contributed by atoms with van der Waals surface area (Å²) in [5, 5.41) is 7.65. The number of nitrogens with one attached hydrogen (secondary N) is 1. The Labute approximate surface area is 187 Å². The van der Waals surface area contributed by atoms with Crippen LogP contribution in [0.4, 0.5) is 5.69 Å². The van der Waals surface area contributed by atoms with E-state index >= 15 is 0 Å². The summed E-state index contributed by atoms with van der Waals surface area (Å²) in [7, 11) is -3.90. The van der Waals surface area contributed by atoms with Gasteiger partial charge in [-0.15, -0.1) is 0 Å². The van der Waals surface area contributed by atoms with Crippen LogP contribution in [0.25, 0.3) is 0 Å². The molecule has 3 aromatic carbocycles. The maximum Gasteiger partial charge on any atom is 0.339 e. The van der Waals surface area contributed by atoms with Crippen LogP contribution >= 0.6 is 0 Å². The van der Waals surface area contributed by atoms with Gasteiger partial charge in [-0.1, -0.05) is 54.6 Å². The first kappa shape index (κ1) is 23.2. The standard InChI is InChI=1S/C24H24N2O5S/c1-17(23(27)26-20-11-7-12-21(16-20)32(25,29)30)31-24(28)22-13-6-5-10-19(22)15-14-18-8-3-2-4-9-18/h2-13,16-17H,14-15H2,1H3,(H,26,27)(H2,25,29,30). The Bertz CT molecular complexity index is 1210. The topological polar surface area (TPSA) is 116 Å². The van der Waals surface area contributed by atoms with E-state index in [0.29, 0.717) is 12.0 Å². The molecule has 1 unspecified atom stereocenters. The Kier molecular flexibility index (Phi) is 7.40. The van der Waals surface area contributed by atoms with Gasteiger partial charge in [0.2, 0.25) is 10.0 Å². The van der Waals surface area contributed by atoms with Crippen LogP contribution in [-0.2, 0) is 32.4 Å². The van der Waals surface area contributed by atoms with Crippen LogP contribution in [0.1, 0.15) is 28.4 Å². The largest absolute Gasteiger partial charge is 0.449 e. The van der Waals surface area contributed by atoms with Crippen LogP contribution in [0.5, 0.6) is 0 Å². The Morgan fingerprint density at radius 1 is 0.938 bits per heavy atom. The number of hydrogen-bond acceptors (Lipinski definition) is 5. The van der Waals surface area contributed by atoms with Crippen molar-refractivity contribution in [2.24, 2.45) is 5.14 Å². The summed E-state index contributed by atoms with van der Waals surface area (Å²) in [6.45, 7) is 1.45. The van der Waals surface area contributed by atoms with Crippen molar-refractivity contribution in [2.45, 2.75) is 30.8 Å². The molecule has 0 aliphatic rings. The highest BCUT2D eigenvalue weighted by Crippen LogP contribution is 2.17. The van der Waals surface area contributed by atoms with Gasteiger partial charge in [-0.25, -0.2) is 18.4 Å². The molecule has 0 spiro atoms. The van der Waals surface area contributed by atoms with Crippen molar-refractivity contribution in [1.82, 2.24) is 0 Å². The van der Waals surface area contributed by atoms with Crippen molar-refractivity contribution in [3.05, 3.63) is 95.6 Å². The molecule has 0 saturated heterocycles. The van der Waals surface area contributed by atoms with Crippen LogP contribution < -0.4 is 10.5 Å². The Balaban J connectivity index is 1.65. The second-order valence-electron chi connectivity index (χ2n) is 7.25. The molecule has 0 aliphatic heterocycles. The monoisotopic (exact) mass is 452 g/mol. The maximum absolute atomic E-state index is 12.7. The zero-order valence-electron chi connectivity index (χ0n) is 17.5. The van der Waals surface area contributed by atoms with E-state index in [1.807, 2.05) is 42.5 Å². The van der Waals surface area contributed by atoms with Crippen LogP contribution in [0.3, 0.4) is 0 Å². The lowest BCUT2D eigenvalue weighted by Gasteiger charge is -2.15. The summed E-state index contributed by atoms with van der Waals surface area (Å²) < 4.78 is 28.3. The van der Waals surface area contributed by atoms with Gasteiger partial charge < -0.3 is 10.1 Å². The predicted octanol–water partition coefficient (Wildman–Crippen LogP) is 3.30. The molecule has 166 valence electrons. The number of carbonyl (C=O) groups excluding carboxylic acids is 2. The molecule has 0 saturated carbocycles. The van der Waals surface area contributed by atoms with Gasteiger partial charge in [-0.2, -0.15) is 0 Å². The molecule has 7 nitrogen and oxygen atoms in total. The molecule has 0 fully saturated rings. The SMILES string of the molecule is CC(OC(=O)c1ccccc1CCc1ccccc1)C(=O)Nc1cccc(S(N)(=O)=O)c1. The molecule has 3 N–H and O–H groups in total. The molecular weight excluding hydrogens is 428 g/mol. The summed E-state index contributed by atoms with van der Waals surface area (Å²) in [5.41, 5.74) is 2.62. The zero-order chi connectivity index (χ0) is 23.1. The third-order valence-electron chi connectivity index (χ3n) is 4.85. The quantitative estimate of drug-likeness (QED) is 0.509. The number of ether oxygens (including phenoxy) is 1. The number of esters is 1. The van der Waals surface area contributed by atoms with E-state index in [1.54, 1.807) is 12.1 Å². The lowest BCUT2D eigenvalue weighted by atomic mass is 10.00. The highest BCUT2D eigenvalue weighted by molar-refractivity contribution is 7.89. The van der Waals surface area contributed by atoms with E-state index in [2.05, 4.69) is 5.32 Å². The van der Waals surface area contributed by atoms with Crippen molar-refractivity contribution in [2.75, 3.05) is 5.32 Å². The van der Waals surface area contributed by atoms with Gasteiger partial charge in [-0.05, 0) is 55.2 Å². The van der Waals surface area contributed by atoms with Crippen molar-refractivity contribution in [1.29, 1.82) is 0 Å². The fourth-order valence-corrected chi connectivity index (χ4v) is 3.69. The van der Waals surface area contributed by atoms with Crippen LogP contribution in [0.15, 0.2) is 83.8 Å². The van der Waals surface area contributed by atoms with Gasteiger partial charge in [-0.3, -0.25) is 4.79 Å². The Morgan fingerprint density at radius 3 is 2.34 bits per heavy atom. The van der Waals surface area contributed by atoms with Gasteiger partial charge in [0.05, 0.1) is 10.5 Å². The third kappa shape index (κ3) is 6.26. The second-order valence-corrected chi connectivity index (χ2v) is 8.81. The third-order valence-corrected chi connectivity index (χ3v) is 5.76. The molecule has 1 amide bonds. The van der Waals surface area contributed by atoms with Crippen molar-refractivity contribution in [3.63, 3.8) is 0 Å². The molecule has 8 heteroatoms. The van der Waals surface area contributed by atoms with Crippen LogP contribution in [-0.4, -0.2) is 26.4 Å². The van der Waals surface area contributed by atoms with Gasteiger partial charge in [0.25, 0.3) is 5.91 Å². The summed E-state index contributed by atoms with van der Waals surface area (Å²) in [5.74, 6) is -1.19. The smallest absolute Gasteiger partial charge is 0.339 e. The molecule has 0 aromatic heterocycles. The van der Waals surface area contributed by atoms with Crippen LogP contribution in [0, 0.1) is 0 Å². The number of amides is 1. The first-order valence-corrected chi connectivity index (χ1v) is 11.6. The molecule has 0 radical (unpaired) electrons. The van der Waals surface area contributed by atoms with Gasteiger partial charge >= 0.3 is 5.97 Å². The first-order valence-electron chi connectivity index (χ1n) is 10.0. The average Bonchev–Trinajstić information content (AvgIpc) is 2.78. The summed E-state index contributed by atoms with van der Waals surface area (Å²) in [4.78, 5) is 25.1. The van der Waals surface area contributed by atoms with E-state index in [0.717, 1.165) is 17.5 Å². The number of benzene rings is 3. The molecule has 0 heterocycles. The van der Waals surface area contributed by atoms with E-state index in [4.69, 9.17) is 9.88 Å². The Morgan fingerprint density at radius 2 is 1.62 bits per heavy atom. The molecule has 32 heavy (non-hydrogen) atoms. The summed E-state index contributed by atoms with van der Waals surface area (Å²) in [6.07, 6.45) is 0.320. The van der Waals surface area contributed by atoms with Gasteiger partial charge in [0.15, 0.2) is 6.10 Å². The highest BCUT2D eigenvalue weighted by Gasteiger charge is 2.21. The number of nitrogens with two attached hydrogens (primary N) is 1. The van der Waals surface area contributed by atoms with E-state index in [-0.39, 0.29) is 10.6 Å². The maximum atomic E-state index is 12.7.